The first kappa shape index (κ1) is 15.4. The van der Waals surface area contributed by atoms with Crippen LogP contribution in [0, 0.1) is 0 Å². The zero-order chi connectivity index (χ0) is 16.4. The van der Waals surface area contributed by atoms with E-state index in [-0.39, 0.29) is 4.90 Å². The van der Waals surface area contributed by atoms with Gasteiger partial charge in [-0.3, -0.25) is 4.72 Å². The normalized spacial score (nSPS) is 13.4. The molecule has 4 N–H and O–H groups in total. The molecule has 0 saturated carbocycles. The molecule has 0 radical (unpaired) electrons. The Morgan fingerprint density at radius 1 is 0.957 bits per heavy atom. The predicted octanol–water partition coefficient (Wildman–Crippen LogP) is 2.47. The Morgan fingerprint density at radius 3 is 2.30 bits per heavy atom. The van der Waals surface area contributed by atoms with Crippen LogP contribution in [0.4, 0.5) is 16.2 Å². The maximum absolute atomic E-state index is 12.5. The molecule has 0 bridgehead atoms. The third-order valence-corrected chi connectivity index (χ3v) is 5.16. The number of sulfonamides is 1. The number of primary amides is 1. The maximum Gasteiger partial charge on any atom is 0.316 e. The van der Waals surface area contributed by atoms with Gasteiger partial charge in [-0.25, -0.2) is 13.2 Å². The fraction of sp³-hybridized carbons (Fsp3) is 0.188. The molecule has 23 heavy (non-hydrogen) atoms. The summed E-state index contributed by atoms with van der Waals surface area (Å²) in [5, 5.41) is 2.42. The molecule has 0 heterocycles. The minimum atomic E-state index is -3.63. The summed E-state index contributed by atoms with van der Waals surface area (Å²) in [5.41, 5.74) is 8.27. The molecule has 0 aromatic heterocycles. The van der Waals surface area contributed by atoms with Crippen molar-refractivity contribution in [2.75, 3.05) is 10.0 Å². The van der Waals surface area contributed by atoms with Crippen molar-refractivity contribution in [3.05, 3.63) is 53.6 Å². The lowest BCUT2D eigenvalue weighted by Gasteiger charge is -2.10. The average molecular weight is 331 g/mol. The molecule has 2 aromatic carbocycles. The number of hydrogen-bond donors (Lipinski definition) is 3. The van der Waals surface area contributed by atoms with Gasteiger partial charge in [0, 0.05) is 11.4 Å². The number of nitrogens with one attached hydrogen (secondary N) is 2. The van der Waals surface area contributed by atoms with E-state index in [0.29, 0.717) is 11.4 Å². The van der Waals surface area contributed by atoms with Gasteiger partial charge in [-0.1, -0.05) is 6.07 Å². The fourth-order valence-electron chi connectivity index (χ4n) is 2.69. The third kappa shape index (κ3) is 3.45. The largest absolute Gasteiger partial charge is 0.351 e. The smallest absolute Gasteiger partial charge is 0.316 e. The number of anilines is 2. The molecule has 0 spiro atoms. The molecule has 2 amide bonds. The zero-order valence-corrected chi connectivity index (χ0v) is 13.2. The summed E-state index contributed by atoms with van der Waals surface area (Å²) in [7, 11) is -3.63. The summed E-state index contributed by atoms with van der Waals surface area (Å²) in [6.45, 7) is 0. The van der Waals surface area contributed by atoms with Gasteiger partial charge in [0.05, 0.1) is 4.90 Å². The van der Waals surface area contributed by atoms with Gasteiger partial charge in [-0.05, 0) is 66.8 Å². The lowest BCUT2D eigenvalue weighted by atomic mass is 10.1. The maximum atomic E-state index is 12.5. The van der Waals surface area contributed by atoms with Crippen molar-refractivity contribution in [2.45, 2.75) is 24.2 Å². The van der Waals surface area contributed by atoms with Gasteiger partial charge < -0.3 is 11.1 Å². The number of amides is 2. The van der Waals surface area contributed by atoms with Crippen LogP contribution in [0.15, 0.2) is 47.4 Å². The molecular weight excluding hydrogens is 314 g/mol. The molecule has 3 rings (SSSR count). The van der Waals surface area contributed by atoms with Crippen LogP contribution in [0.25, 0.3) is 0 Å². The van der Waals surface area contributed by atoms with Crippen LogP contribution in [-0.2, 0) is 22.9 Å². The topological polar surface area (TPSA) is 101 Å². The molecule has 0 atom stereocenters. The first-order valence-corrected chi connectivity index (χ1v) is 8.73. The van der Waals surface area contributed by atoms with Crippen molar-refractivity contribution < 1.29 is 13.2 Å². The van der Waals surface area contributed by atoms with Gasteiger partial charge in [0.2, 0.25) is 0 Å². The van der Waals surface area contributed by atoms with Crippen LogP contribution in [0.1, 0.15) is 17.5 Å². The highest BCUT2D eigenvalue weighted by molar-refractivity contribution is 7.92. The minimum Gasteiger partial charge on any atom is -0.351 e. The summed E-state index contributed by atoms with van der Waals surface area (Å²) in [6.07, 6.45) is 3.00. The lowest BCUT2D eigenvalue weighted by Crippen LogP contribution is -2.19. The van der Waals surface area contributed by atoms with Crippen molar-refractivity contribution >= 4 is 27.4 Å². The van der Waals surface area contributed by atoms with E-state index in [0.717, 1.165) is 24.8 Å². The third-order valence-electron chi connectivity index (χ3n) is 3.78. The number of nitrogens with two attached hydrogens (primary N) is 1. The zero-order valence-electron chi connectivity index (χ0n) is 12.4. The van der Waals surface area contributed by atoms with E-state index in [1.54, 1.807) is 36.4 Å². The molecule has 0 saturated heterocycles. The Balaban J connectivity index is 1.79. The number of fused-ring (bicyclic) bond motifs is 1. The highest BCUT2D eigenvalue weighted by Crippen LogP contribution is 2.26. The second kappa shape index (κ2) is 5.92. The van der Waals surface area contributed by atoms with Gasteiger partial charge in [0.25, 0.3) is 10.0 Å². The van der Waals surface area contributed by atoms with Crippen LogP contribution in [0.2, 0.25) is 0 Å². The van der Waals surface area contributed by atoms with Gasteiger partial charge >= 0.3 is 6.03 Å². The van der Waals surface area contributed by atoms with E-state index in [9.17, 15) is 13.2 Å². The Hall–Kier alpha value is -2.54. The Morgan fingerprint density at radius 2 is 1.61 bits per heavy atom. The molecule has 2 aromatic rings. The number of carbonyl (C=O) groups excluding carboxylic acids is 1. The number of rotatable bonds is 4. The van der Waals surface area contributed by atoms with Crippen LogP contribution in [0.5, 0.6) is 0 Å². The number of hydrogen-bond acceptors (Lipinski definition) is 3. The SMILES string of the molecule is NC(=O)Nc1ccc(NS(=O)(=O)c2ccc3c(c2)CCC3)cc1. The summed E-state index contributed by atoms with van der Waals surface area (Å²) < 4.78 is 27.5. The molecule has 1 aliphatic rings. The second-order valence-electron chi connectivity index (χ2n) is 5.46. The van der Waals surface area contributed by atoms with Gasteiger partial charge in [-0.2, -0.15) is 0 Å². The van der Waals surface area contributed by atoms with Crippen LogP contribution in [0.3, 0.4) is 0 Å². The summed E-state index contributed by atoms with van der Waals surface area (Å²) in [5.74, 6) is 0. The summed E-state index contributed by atoms with van der Waals surface area (Å²) >= 11 is 0. The standard InChI is InChI=1S/C16H17N3O3S/c17-16(20)18-13-5-7-14(8-6-13)19-23(21,22)15-9-4-11-2-1-3-12(11)10-15/h4-10,19H,1-3H2,(H3,17,18,20). The molecule has 0 fully saturated rings. The van der Waals surface area contributed by atoms with E-state index < -0.39 is 16.1 Å². The van der Waals surface area contributed by atoms with E-state index in [2.05, 4.69) is 10.0 Å². The molecule has 120 valence electrons. The molecule has 0 aliphatic heterocycles. The van der Waals surface area contributed by atoms with Gasteiger partial charge in [0.1, 0.15) is 0 Å². The minimum absolute atomic E-state index is 0.262. The highest BCUT2D eigenvalue weighted by Gasteiger charge is 2.18. The first-order valence-electron chi connectivity index (χ1n) is 7.25. The summed E-state index contributed by atoms with van der Waals surface area (Å²) in [6, 6.07) is 10.9. The molecular formula is C16H17N3O3S. The Labute approximate surface area is 134 Å². The second-order valence-corrected chi connectivity index (χ2v) is 7.14. The quantitative estimate of drug-likeness (QED) is 0.802. The number of urea groups is 1. The molecule has 6 nitrogen and oxygen atoms in total. The predicted molar refractivity (Wildman–Crippen MR) is 88.9 cm³/mol. The van der Waals surface area contributed by atoms with Crippen molar-refractivity contribution in [3.63, 3.8) is 0 Å². The van der Waals surface area contributed by atoms with E-state index >= 15 is 0 Å². The Kier molecular flexibility index (Phi) is 3.96. The number of aryl methyl sites for hydroxylation is 2. The molecule has 0 unspecified atom stereocenters. The monoisotopic (exact) mass is 331 g/mol. The van der Waals surface area contributed by atoms with Crippen LogP contribution in [-0.4, -0.2) is 14.4 Å². The molecule has 1 aliphatic carbocycles. The summed E-state index contributed by atoms with van der Waals surface area (Å²) in [4.78, 5) is 11.0. The van der Waals surface area contributed by atoms with Gasteiger partial charge in [-0.15, -0.1) is 0 Å². The Bertz CT molecular complexity index is 845. The van der Waals surface area contributed by atoms with Crippen molar-refractivity contribution in [3.8, 4) is 0 Å². The van der Waals surface area contributed by atoms with Crippen molar-refractivity contribution in [1.82, 2.24) is 0 Å². The average Bonchev–Trinajstić information content (AvgIpc) is 2.96. The number of benzene rings is 2. The van der Waals surface area contributed by atoms with Crippen LogP contribution < -0.4 is 15.8 Å². The van der Waals surface area contributed by atoms with Crippen molar-refractivity contribution in [1.29, 1.82) is 0 Å². The lowest BCUT2D eigenvalue weighted by molar-refractivity contribution is 0.259. The molecule has 7 heteroatoms. The highest BCUT2D eigenvalue weighted by atomic mass is 32.2. The van der Waals surface area contributed by atoms with E-state index in [1.807, 2.05) is 6.07 Å². The fourth-order valence-corrected chi connectivity index (χ4v) is 3.80. The number of carbonyl (C=O) groups is 1. The first-order chi connectivity index (χ1) is 10.9. The van der Waals surface area contributed by atoms with Crippen LogP contribution >= 0.6 is 0 Å². The van der Waals surface area contributed by atoms with Crippen molar-refractivity contribution in [2.24, 2.45) is 5.73 Å². The van der Waals surface area contributed by atoms with E-state index in [4.69, 9.17) is 5.73 Å². The van der Waals surface area contributed by atoms with E-state index in [1.165, 1.54) is 5.56 Å². The van der Waals surface area contributed by atoms with Gasteiger partial charge in [0.15, 0.2) is 0 Å².